The topological polar surface area (TPSA) is 62.3 Å². The Morgan fingerprint density at radius 3 is 2.82 bits per heavy atom. The number of rotatable bonds is 4. The summed E-state index contributed by atoms with van der Waals surface area (Å²) in [4.78, 5) is 6.73. The lowest BCUT2D eigenvalue weighted by atomic mass is 10.2. The van der Waals surface area contributed by atoms with Crippen LogP contribution in [0.15, 0.2) is 53.6 Å². The van der Waals surface area contributed by atoms with Gasteiger partial charge in [0.2, 0.25) is 10.0 Å². The monoisotopic (exact) mass is 317 g/mol. The minimum atomic E-state index is -3.47. The molecule has 1 aliphatic heterocycles. The van der Waals surface area contributed by atoms with Crippen molar-refractivity contribution in [1.82, 2.24) is 9.71 Å². The van der Waals surface area contributed by atoms with Crippen LogP contribution in [0, 0.1) is 6.92 Å². The third-order valence-corrected chi connectivity index (χ3v) is 5.30. The molecule has 5 nitrogen and oxygen atoms in total. The van der Waals surface area contributed by atoms with Gasteiger partial charge in [-0.25, -0.2) is 18.1 Å². The molecule has 2 aromatic rings. The summed E-state index contributed by atoms with van der Waals surface area (Å²) >= 11 is 0. The van der Waals surface area contributed by atoms with Crippen LogP contribution in [0.25, 0.3) is 0 Å². The first-order valence-corrected chi connectivity index (χ1v) is 8.78. The molecule has 0 spiro atoms. The molecule has 22 heavy (non-hydrogen) atoms. The van der Waals surface area contributed by atoms with E-state index in [1.165, 1.54) is 0 Å². The minimum absolute atomic E-state index is 0.0903. The fourth-order valence-electron chi connectivity index (χ4n) is 2.68. The summed E-state index contributed by atoms with van der Waals surface area (Å²) in [7, 11) is -3.47. The molecular weight excluding hydrogens is 298 g/mol. The van der Waals surface area contributed by atoms with Crippen LogP contribution in [-0.4, -0.2) is 32.5 Å². The van der Waals surface area contributed by atoms with Crippen molar-refractivity contribution < 1.29 is 8.42 Å². The van der Waals surface area contributed by atoms with E-state index < -0.39 is 10.0 Å². The molecule has 0 aliphatic carbocycles. The van der Waals surface area contributed by atoms with E-state index in [1.54, 1.807) is 24.4 Å². The maximum absolute atomic E-state index is 12.4. The van der Waals surface area contributed by atoms with Gasteiger partial charge in [0, 0.05) is 25.3 Å². The zero-order valence-electron chi connectivity index (χ0n) is 12.4. The third-order valence-electron chi connectivity index (χ3n) is 3.78. The van der Waals surface area contributed by atoms with Gasteiger partial charge < -0.3 is 4.90 Å². The Hall–Kier alpha value is -1.92. The molecule has 6 heteroatoms. The molecule has 0 amide bonds. The lowest BCUT2D eigenvalue weighted by Gasteiger charge is -2.17. The van der Waals surface area contributed by atoms with E-state index in [0.29, 0.717) is 11.4 Å². The van der Waals surface area contributed by atoms with E-state index in [4.69, 9.17) is 0 Å². The number of sulfonamides is 1. The minimum Gasteiger partial charge on any atom is -0.355 e. The van der Waals surface area contributed by atoms with Crippen LogP contribution in [0.5, 0.6) is 0 Å². The van der Waals surface area contributed by atoms with Crippen LogP contribution in [-0.2, 0) is 10.0 Å². The van der Waals surface area contributed by atoms with Crippen LogP contribution in [0.4, 0.5) is 5.82 Å². The molecule has 1 atom stereocenters. The van der Waals surface area contributed by atoms with Gasteiger partial charge in [0.25, 0.3) is 0 Å². The van der Waals surface area contributed by atoms with Crippen molar-refractivity contribution in [3.05, 3.63) is 54.2 Å². The summed E-state index contributed by atoms with van der Waals surface area (Å²) in [5, 5.41) is 0. The molecule has 116 valence electrons. The van der Waals surface area contributed by atoms with Gasteiger partial charge in [-0.05, 0) is 43.2 Å². The number of aromatic nitrogens is 1. The van der Waals surface area contributed by atoms with E-state index in [-0.39, 0.29) is 6.04 Å². The second-order valence-electron chi connectivity index (χ2n) is 5.56. The fraction of sp³-hybridized carbons (Fsp3) is 0.312. The first kappa shape index (κ1) is 15.0. The highest BCUT2D eigenvalue weighted by Crippen LogP contribution is 2.19. The molecule has 1 saturated heterocycles. The second kappa shape index (κ2) is 6.06. The van der Waals surface area contributed by atoms with E-state index in [1.807, 2.05) is 31.2 Å². The van der Waals surface area contributed by atoms with Crippen molar-refractivity contribution in [2.45, 2.75) is 24.3 Å². The van der Waals surface area contributed by atoms with Gasteiger partial charge in [-0.15, -0.1) is 0 Å². The largest absolute Gasteiger partial charge is 0.355 e. The van der Waals surface area contributed by atoms with E-state index in [0.717, 1.165) is 24.3 Å². The van der Waals surface area contributed by atoms with Crippen LogP contribution in [0.1, 0.15) is 12.0 Å². The number of pyridine rings is 1. The maximum atomic E-state index is 12.4. The molecule has 3 rings (SSSR count). The highest BCUT2D eigenvalue weighted by atomic mass is 32.2. The second-order valence-corrected chi connectivity index (χ2v) is 7.27. The van der Waals surface area contributed by atoms with Gasteiger partial charge in [0.05, 0.1) is 4.90 Å². The summed E-state index contributed by atoms with van der Waals surface area (Å²) < 4.78 is 27.7. The molecule has 0 radical (unpaired) electrons. The first-order valence-electron chi connectivity index (χ1n) is 7.29. The molecule has 2 heterocycles. The molecule has 1 fully saturated rings. The number of nitrogens with one attached hydrogen (secondary N) is 1. The Balaban J connectivity index is 1.69. The van der Waals surface area contributed by atoms with Gasteiger partial charge in [0.15, 0.2) is 0 Å². The SMILES string of the molecule is Cc1cccc(S(=O)(=O)N[C@@H]2CCN(c3ccccn3)C2)c1. The average molecular weight is 317 g/mol. The Morgan fingerprint density at radius 2 is 2.09 bits per heavy atom. The first-order chi connectivity index (χ1) is 10.5. The summed E-state index contributed by atoms with van der Waals surface area (Å²) in [6, 6.07) is 12.6. The van der Waals surface area contributed by atoms with Crippen molar-refractivity contribution in [1.29, 1.82) is 0 Å². The molecule has 0 saturated carbocycles. The lowest BCUT2D eigenvalue weighted by molar-refractivity contribution is 0.561. The van der Waals surface area contributed by atoms with E-state index in [9.17, 15) is 8.42 Å². The molecule has 0 bridgehead atoms. The molecule has 1 aromatic carbocycles. The number of benzene rings is 1. The number of hydrogen-bond donors (Lipinski definition) is 1. The van der Waals surface area contributed by atoms with Gasteiger partial charge in [-0.1, -0.05) is 18.2 Å². The highest BCUT2D eigenvalue weighted by Gasteiger charge is 2.27. The van der Waals surface area contributed by atoms with Gasteiger partial charge >= 0.3 is 0 Å². The maximum Gasteiger partial charge on any atom is 0.240 e. The van der Waals surface area contributed by atoms with Gasteiger partial charge in [0.1, 0.15) is 5.82 Å². The predicted molar refractivity (Wildman–Crippen MR) is 86.4 cm³/mol. The van der Waals surface area contributed by atoms with Crippen molar-refractivity contribution in [2.75, 3.05) is 18.0 Å². The van der Waals surface area contributed by atoms with E-state index >= 15 is 0 Å². The van der Waals surface area contributed by atoms with Crippen LogP contribution >= 0.6 is 0 Å². The van der Waals surface area contributed by atoms with Crippen LogP contribution in [0.3, 0.4) is 0 Å². The fourth-order valence-corrected chi connectivity index (χ4v) is 4.04. The zero-order valence-corrected chi connectivity index (χ0v) is 13.3. The molecule has 1 aromatic heterocycles. The molecule has 0 unspecified atom stereocenters. The van der Waals surface area contributed by atoms with Crippen molar-refractivity contribution in [2.24, 2.45) is 0 Å². The Labute approximate surface area is 131 Å². The number of hydrogen-bond acceptors (Lipinski definition) is 4. The van der Waals surface area contributed by atoms with Crippen molar-refractivity contribution >= 4 is 15.8 Å². The Bertz CT molecular complexity index is 747. The lowest BCUT2D eigenvalue weighted by Crippen LogP contribution is -2.37. The Morgan fingerprint density at radius 1 is 1.23 bits per heavy atom. The summed E-state index contributed by atoms with van der Waals surface area (Å²) in [6.45, 7) is 3.33. The third kappa shape index (κ3) is 3.28. The zero-order chi connectivity index (χ0) is 15.6. The van der Waals surface area contributed by atoms with Crippen molar-refractivity contribution in [3.8, 4) is 0 Å². The summed E-state index contributed by atoms with van der Waals surface area (Å²) in [5.74, 6) is 0.889. The number of anilines is 1. The average Bonchev–Trinajstić information content (AvgIpc) is 2.96. The molecular formula is C16H19N3O2S. The standard InChI is InChI=1S/C16H19N3O2S/c1-13-5-4-6-15(11-13)22(20,21)18-14-8-10-19(12-14)16-7-2-3-9-17-16/h2-7,9,11,14,18H,8,10,12H2,1H3/t14-/m1/s1. The van der Waals surface area contributed by atoms with Crippen LogP contribution < -0.4 is 9.62 Å². The predicted octanol–water partition coefficient (Wildman–Crippen LogP) is 1.95. The van der Waals surface area contributed by atoms with Crippen molar-refractivity contribution in [3.63, 3.8) is 0 Å². The normalized spacial score (nSPS) is 18.6. The highest BCUT2D eigenvalue weighted by molar-refractivity contribution is 7.89. The molecule has 1 N–H and O–H groups in total. The Kier molecular flexibility index (Phi) is 4.13. The number of aryl methyl sites for hydroxylation is 1. The summed E-state index contributed by atoms with van der Waals surface area (Å²) in [5.41, 5.74) is 0.935. The molecule has 1 aliphatic rings. The quantitative estimate of drug-likeness (QED) is 0.936. The van der Waals surface area contributed by atoms with Gasteiger partial charge in [-0.3, -0.25) is 0 Å². The number of nitrogens with zero attached hydrogens (tertiary/aromatic N) is 2. The smallest absolute Gasteiger partial charge is 0.240 e. The van der Waals surface area contributed by atoms with E-state index in [2.05, 4.69) is 14.6 Å². The summed E-state index contributed by atoms with van der Waals surface area (Å²) in [6.07, 6.45) is 2.53. The van der Waals surface area contributed by atoms with Crippen LogP contribution in [0.2, 0.25) is 0 Å². The van der Waals surface area contributed by atoms with Gasteiger partial charge in [-0.2, -0.15) is 0 Å².